The Morgan fingerprint density at radius 3 is 2.41 bits per heavy atom. The molecule has 0 spiro atoms. The van der Waals surface area contributed by atoms with E-state index in [9.17, 15) is 14.4 Å². The first-order valence-electron chi connectivity index (χ1n) is 12.9. The second-order valence-electron chi connectivity index (χ2n) is 10.9. The van der Waals surface area contributed by atoms with Crippen LogP contribution in [0.4, 0.5) is 4.79 Å². The van der Waals surface area contributed by atoms with E-state index in [1.165, 1.54) is 10.7 Å². The molecule has 1 fully saturated rings. The van der Waals surface area contributed by atoms with Gasteiger partial charge in [-0.1, -0.05) is 54.1 Å². The number of rotatable bonds is 6. The van der Waals surface area contributed by atoms with Crippen LogP contribution in [0.25, 0.3) is 11.3 Å². The zero-order valence-electron chi connectivity index (χ0n) is 22.4. The van der Waals surface area contributed by atoms with E-state index in [2.05, 4.69) is 15.8 Å². The van der Waals surface area contributed by atoms with Crippen molar-refractivity contribution in [1.29, 1.82) is 0 Å². The molecular formula is C29H34ClN5O4. The lowest BCUT2D eigenvalue weighted by Gasteiger charge is -2.41. The number of aromatic nitrogens is 2. The van der Waals surface area contributed by atoms with Crippen LogP contribution >= 0.6 is 11.6 Å². The van der Waals surface area contributed by atoms with Crippen molar-refractivity contribution in [3.63, 3.8) is 0 Å². The van der Waals surface area contributed by atoms with Gasteiger partial charge in [0, 0.05) is 22.5 Å². The number of hydrogen-bond acceptors (Lipinski definition) is 6. The fourth-order valence-electron chi connectivity index (χ4n) is 5.09. The Bertz CT molecular complexity index is 1390. The van der Waals surface area contributed by atoms with Crippen LogP contribution in [0.2, 0.25) is 5.02 Å². The van der Waals surface area contributed by atoms with E-state index in [4.69, 9.17) is 22.2 Å². The Morgan fingerprint density at radius 1 is 1.10 bits per heavy atom. The van der Waals surface area contributed by atoms with Crippen LogP contribution in [0.1, 0.15) is 68.4 Å². The fourth-order valence-corrected chi connectivity index (χ4v) is 5.28. The van der Waals surface area contributed by atoms with Gasteiger partial charge >= 0.3 is 6.09 Å². The minimum atomic E-state index is -0.668. The van der Waals surface area contributed by atoms with E-state index >= 15 is 0 Å². The third kappa shape index (κ3) is 6.66. The number of nitrogen functional groups attached to an aromatic ring is 1. The number of hydrogen-bond donors (Lipinski definition) is 3. The van der Waals surface area contributed by atoms with Crippen molar-refractivity contribution in [3.05, 3.63) is 87.2 Å². The van der Waals surface area contributed by atoms with Crippen molar-refractivity contribution < 1.29 is 14.3 Å². The van der Waals surface area contributed by atoms with Crippen molar-refractivity contribution in [2.75, 3.05) is 6.54 Å². The summed E-state index contributed by atoms with van der Waals surface area (Å²) in [5.74, 6) is 4.71. The molecule has 10 heteroatoms. The molecule has 2 aromatic carbocycles. The lowest BCUT2D eigenvalue weighted by molar-refractivity contribution is 0.0504. The Labute approximate surface area is 232 Å². The van der Waals surface area contributed by atoms with Gasteiger partial charge in [-0.3, -0.25) is 15.0 Å². The summed E-state index contributed by atoms with van der Waals surface area (Å²) in [5, 5.41) is 8.21. The molecule has 206 valence electrons. The van der Waals surface area contributed by atoms with Crippen LogP contribution in [0, 0.1) is 0 Å². The lowest BCUT2D eigenvalue weighted by atomic mass is 9.68. The average molecular weight is 552 g/mol. The predicted molar refractivity (Wildman–Crippen MR) is 150 cm³/mol. The predicted octanol–water partition coefficient (Wildman–Crippen LogP) is 4.75. The van der Waals surface area contributed by atoms with Crippen molar-refractivity contribution >= 4 is 23.6 Å². The minimum Gasteiger partial charge on any atom is -0.444 e. The molecule has 0 radical (unpaired) electrons. The second-order valence-corrected chi connectivity index (χ2v) is 11.3. The highest BCUT2D eigenvalue weighted by Gasteiger charge is 2.39. The largest absolute Gasteiger partial charge is 0.444 e. The molecule has 0 bridgehead atoms. The molecular weight excluding hydrogens is 518 g/mol. The lowest BCUT2D eigenvalue weighted by Crippen LogP contribution is -2.46. The highest BCUT2D eigenvalue weighted by molar-refractivity contribution is 6.30. The van der Waals surface area contributed by atoms with Gasteiger partial charge in [-0.2, -0.15) is 5.10 Å². The van der Waals surface area contributed by atoms with Crippen LogP contribution < -0.4 is 22.1 Å². The number of carbonyl (C=O) groups excluding carboxylic acids is 2. The Morgan fingerprint density at radius 2 is 1.79 bits per heavy atom. The van der Waals surface area contributed by atoms with E-state index in [1.807, 2.05) is 75.4 Å². The van der Waals surface area contributed by atoms with E-state index in [1.54, 1.807) is 0 Å². The Kier molecular flexibility index (Phi) is 8.42. The third-order valence-corrected chi connectivity index (χ3v) is 7.28. The van der Waals surface area contributed by atoms with Gasteiger partial charge in [-0.05, 0) is 70.2 Å². The van der Waals surface area contributed by atoms with Gasteiger partial charge in [0.05, 0.1) is 11.7 Å². The number of ether oxygens (including phenoxy) is 1. The van der Waals surface area contributed by atoms with Gasteiger partial charge in [0.15, 0.2) is 0 Å². The molecule has 2 amide bonds. The summed E-state index contributed by atoms with van der Waals surface area (Å²) in [6.45, 7) is 5.80. The van der Waals surface area contributed by atoms with Gasteiger partial charge in [0.1, 0.15) is 11.2 Å². The van der Waals surface area contributed by atoms with Gasteiger partial charge in [0.2, 0.25) is 0 Å². The third-order valence-electron chi connectivity index (χ3n) is 7.05. The molecule has 3 aromatic rings. The van der Waals surface area contributed by atoms with Crippen LogP contribution in [0.5, 0.6) is 0 Å². The normalized spacial score (nSPS) is 19.3. The van der Waals surface area contributed by atoms with E-state index in [0.717, 1.165) is 11.1 Å². The number of carbonyl (C=O) groups is 2. The Balaban J connectivity index is 1.65. The first-order chi connectivity index (χ1) is 18.5. The number of halogens is 1. The van der Waals surface area contributed by atoms with Crippen molar-refractivity contribution in [2.45, 2.75) is 63.5 Å². The summed E-state index contributed by atoms with van der Waals surface area (Å²) >= 11 is 6.34. The monoisotopic (exact) mass is 551 g/mol. The molecule has 1 heterocycles. The average Bonchev–Trinajstić information content (AvgIpc) is 2.91. The molecule has 0 saturated heterocycles. The molecule has 1 aliphatic carbocycles. The number of nitrogens with one attached hydrogen (secondary N) is 2. The van der Waals surface area contributed by atoms with Gasteiger partial charge in [0.25, 0.3) is 11.5 Å². The molecule has 39 heavy (non-hydrogen) atoms. The number of alkyl carbamates (subject to hydrolysis) is 1. The van der Waals surface area contributed by atoms with Gasteiger partial charge < -0.3 is 10.1 Å². The van der Waals surface area contributed by atoms with Crippen molar-refractivity contribution in [2.24, 2.45) is 5.84 Å². The van der Waals surface area contributed by atoms with E-state index < -0.39 is 28.6 Å². The number of amides is 2. The molecule has 9 nitrogen and oxygen atoms in total. The maximum atomic E-state index is 13.4. The summed E-state index contributed by atoms with van der Waals surface area (Å²) in [5.41, 5.74) is 2.77. The molecule has 1 aromatic heterocycles. The van der Waals surface area contributed by atoms with Crippen LogP contribution in [0.3, 0.4) is 0 Å². The smallest absolute Gasteiger partial charge is 0.407 e. The van der Waals surface area contributed by atoms with E-state index in [0.29, 0.717) is 42.9 Å². The quantitative estimate of drug-likeness (QED) is 0.230. The number of nitrogens with two attached hydrogens (primary N) is 1. The second kappa shape index (κ2) is 11.6. The van der Waals surface area contributed by atoms with Crippen LogP contribution in [-0.4, -0.2) is 33.9 Å². The van der Waals surface area contributed by atoms with Gasteiger partial charge in [-0.15, -0.1) is 0 Å². The highest BCUT2D eigenvalue weighted by Crippen LogP contribution is 2.43. The highest BCUT2D eigenvalue weighted by atomic mass is 35.5. The summed E-state index contributed by atoms with van der Waals surface area (Å²) in [4.78, 5) is 38.4. The maximum absolute atomic E-state index is 13.4. The standard InChI is InChI=1S/C29H34ClN5O4/c1-28(2,3)39-27(38)32-18-29(20-10-7-11-21(30)16-20)14-12-22(13-15-29)35-26(37)23(25(36)33-31)17-24(34-35)19-8-5-4-6-9-19/h4-11,16-17,22H,12-15,18,31H2,1-3H3,(H,32,38)(H,33,36). The zero-order valence-corrected chi connectivity index (χ0v) is 23.1. The summed E-state index contributed by atoms with van der Waals surface area (Å²) < 4.78 is 6.87. The fraction of sp³-hybridized carbons (Fsp3) is 0.379. The molecule has 4 rings (SSSR count). The Hall–Kier alpha value is -3.69. The first-order valence-corrected chi connectivity index (χ1v) is 13.3. The molecule has 1 saturated carbocycles. The van der Waals surface area contributed by atoms with Crippen molar-refractivity contribution in [3.8, 4) is 11.3 Å². The number of benzene rings is 2. The van der Waals surface area contributed by atoms with Crippen LogP contribution in [0.15, 0.2) is 65.5 Å². The van der Waals surface area contributed by atoms with Gasteiger partial charge in [-0.25, -0.2) is 15.3 Å². The van der Waals surface area contributed by atoms with Crippen LogP contribution in [-0.2, 0) is 10.2 Å². The SMILES string of the molecule is CC(C)(C)OC(=O)NCC1(c2cccc(Cl)c2)CCC(n2nc(-c3ccccc3)cc(C(=O)NN)c2=O)CC1. The van der Waals surface area contributed by atoms with Crippen molar-refractivity contribution in [1.82, 2.24) is 20.5 Å². The topological polar surface area (TPSA) is 128 Å². The molecule has 4 N–H and O–H groups in total. The summed E-state index contributed by atoms with van der Waals surface area (Å²) in [7, 11) is 0. The molecule has 0 atom stereocenters. The molecule has 0 unspecified atom stereocenters. The minimum absolute atomic E-state index is 0.0652. The molecule has 0 aliphatic heterocycles. The number of nitrogens with zero attached hydrogens (tertiary/aromatic N) is 2. The maximum Gasteiger partial charge on any atom is 0.407 e. The van der Waals surface area contributed by atoms with E-state index in [-0.39, 0.29) is 11.6 Å². The zero-order chi connectivity index (χ0) is 28.2. The first kappa shape index (κ1) is 28.3. The molecule has 1 aliphatic rings. The number of hydrazine groups is 1. The summed E-state index contributed by atoms with van der Waals surface area (Å²) in [6, 6.07) is 18.2. The summed E-state index contributed by atoms with van der Waals surface area (Å²) in [6.07, 6.45) is 2.00.